The van der Waals surface area contributed by atoms with Crippen molar-refractivity contribution >= 4 is 59.4 Å². The molecule has 0 N–H and O–H groups in total. The van der Waals surface area contributed by atoms with Gasteiger partial charge in [-0.2, -0.15) is 0 Å². The standard InChI is InChI=1S/3Ga.3Gd.12O.2Sc/q6*+3;12*-2;2*+3. The van der Waals surface area contributed by atoms with Crippen LogP contribution in [-0.2, 0) is 117 Å². The molecule has 0 aliphatic carbocycles. The Morgan fingerprint density at radius 1 is 0.200 bits per heavy atom. The summed E-state index contributed by atoms with van der Waals surface area (Å²) in [5, 5.41) is 0. The first-order chi connectivity index (χ1) is 0. The predicted octanol–water partition coefficient (Wildman–Crippen LogP) is -2.57. The van der Waals surface area contributed by atoms with Crippen LogP contribution in [0.1, 0.15) is 0 Å². The van der Waals surface area contributed by atoms with E-state index in [4.69, 9.17) is 0 Å². The van der Waals surface area contributed by atoms with Gasteiger partial charge in [0.1, 0.15) is 0 Å². The quantitative estimate of drug-likeness (QED) is 0.226. The summed E-state index contributed by atoms with van der Waals surface area (Å²) in [6.45, 7) is 0. The zero-order chi connectivity index (χ0) is 0. The molecule has 0 heterocycles. The van der Waals surface area contributed by atoms with Crippen molar-refractivity contribution in [2.75, 3.05) is 0 Å². The van der Waals surface area contributed by atoms with E-state index in [1.165, 1.54) is 0 Å². The van der Waals surface area contributed by atoms with Crippen molar-refractivity contribution in [2.24, 2.45) is 0 Å². The van der Waals surface area contributed by atoms with Gasteiger partial charge in [-0.15, -0.1) is 0 Å². The van der Waals surface area contributed by atoms with E-state index >= 15 is 0 Å². The van der Waals surface area contributed by atoms with Crippen molar-refractivity contribution < 1.29 is 237 Å². The van der Waals surface area contributed by atoms with Crippen molar-refractivity contribution in [3.8, 4) is 0 Å². The minimum Gasteiger partial charge on any atom is -2.00 e. The summed E-state index contributed by atoms with van der Waals surface area (Å²) in [4.78, 5) is 0. The molecular formula is Ga3Gd3O12Sc2. The van der Waals surface area contributed by atoms with E-state index < -0.39 is 0 Å². The van der Waals surface area contributed by atoms with Gasteiger partial charge in [-0.3, -0.25) is 0 Å². The second-order valence-electron chi connectivity index (χ2n) is 0. The second kappa shape index (κ2) is 324. The molecule has 0 aliphatic rings. The second-order valence-corrected chi connectivity index (χ2v) is 0. The third-order valence-electron chi connectivity index (χ3n) is 0. The Morgan fingerprint density at radius 3 is 0.200 bits per heavy atom. The first kappa shape index (κ1) is 364. The molecule has 0 unspecified atom stereocenters. The average molecular weight is 963 g/mol. The van der Waals surface area contributed by atoms with Gasteiger partial charge < -0.3 is 65.7 Å². The Hall–Kier alpha value is 7.14. The van der Waals surface area contributed by atoms with E-state index in [0.29, 0.717) is 0 Å². The van der Waals surface area contributed by atoms with Gasteiger partial charge in [0.25, 0.3) is 0 Å². The van der Waals surface area contributed by atoms with Gasteiger partial charge in [-0.05, 0) is 0 Å². The summed E-state index contributed by atoms with van der Waals surface area (Å²) < 4.78 is 0. The van der Waals surface area contributed by atoms with E-state index in [1.54, 1.807) is 0 Å². The molecule has 0 aliphatic heterocycles. The van der Waals surface area contributed by atoms with Gasteiger partial charge in [0, 0.05) is 0 Å². The van der Waals surface area contributed by atoms with Gasteiger partial charge in [-0.25, -0.2) is 0 Å². The van der Waals surface area contributed by atoms with Crippen molar-refractivity contribution in [3.05, 3.63) is 0 Å². The molecule has 0 bridgehead atoms. The molecule has 0 amide bonds. The smallest absolute Gasteiger partial charge is 2.00 e. The minimum atomic E-state index is 0. The molecule has 0 saturated heterocycles. The van der Waals surface area contributed by atoms with Crippen LogP contribution in [0.5, 0.6) is 0 Å². The van der Waals surface area contributed by atoms with Crippen LogP contribution in [0.2, 0.25) is 0 Å². The maximum atomic E-state index is 0. The Kier molecular flexibility index (Phi) is 5890. The van der Waals surface area contributed by atoms with Crippen molar-refractivity contribution in [1.82, 2.24) is 0 Å². The first-order valence-corrected chi connectivity index (χ1v) is 0. The van der Waals surface area contributed by atoms with E-state index in [2.05, 4.69) is 0 Å². The average Bonchev–Trinajstić information content (AvgIpc) is 0. The van der Waals surface area contributed by atoms with Crippen LogP contribution in [0.15, 0.2) is 0 Å². The topological polar surface area (TPSA) is 342 Å². The molecule has 0 aromatic heterocycles. The van der Waals surface area contributed by atoms with Gasteiger partial charge in [-0.1, -0.05) is 0 Å². The van der Waals surface area contributed by atoms with Gasteiger partial charge in [0.2, 0.25) is 0 Å². The molecule has 12 nitrogen and oxygen atoms in total. The number of hydrogen-bond acceptors (Lipinski definition) is 0. The van der Waals surface area contributed by atoms with Crippen LogP contribution in [-0.4, -0.2) is 59.4 Å². The van der Waals surface area contributed by atoms with Gasteiger partial charge in [0.15, 0.2) is 0 Å². The molecular weight excluding hydrogens is 963 g/mol. The van der Waals surface area contributed by atoms with E-state index in [1.807, 2.05) is 0 Å². The number of rotatable bonds is 0. The van der Waals surface area contributed by atoms with Crippen molar-refractivity contribution in [2.45, 2.75) is 0 Å². The molecule has 20 heavy (non-hydrogen) atoms. The molecule has 3 radical (unpaired) electrons. The molecule has 0 aromatic carbocycles. The largest absolute Gasteiger partial charge is 3.00 e. The van der Waals surface area contributed by atoms with Crippen LogP contribution >= 0.6 is 0 Å². The van der Waals surface area contributed by atoms with Gasteiger partial charge >= 0.3 is 231 Å². The minimum absolute atomic E-state index is 0. The number of hydrogen-bond donors (Lipinski definition) is 0. The Morgan fingerprint density at radius 2 is 0.200 bits per heavy atom. The van der Waals surface area contributed by atoms with Crippen LogP contribution < -0.4 is 0 Å². The SMILES string of the molecule is [Ga+3].[Ga+3].[Ga+3].[Gd+3].[Gd+3].[Gd+3].[O-2].[O-2].[O-2].[O-2].[O-2].[O-2].[O-2].[O-2].[O-2].[O-2].[O-2].[O-2].[Sc+3].[Sc+3]. The summed E-state index contributed by atoms with van der Waals surface area (Å²) in [6, 6.07) is 0. The van der Waals surface area contributed by atoms with Gasteiger partial charge in [0.05, 0.1) is 0 Å². The zero-order valence-electron chi connectivity index (χ0n) is 8.85. The Labute approximate surface area is 289 Å². The summed E-state index contributed by atoms with van der Waals surface area (Å²) >= 11 is 0. The van der Waals surface area contributed by atoms with Crippen LogP contribution in [0.4, 0.5) is 0 Å². The molecule has 0 spiro atoms. The molecule has 0 saturated carbocycles. The molecule has 0 atom stereocenters. The van der Waals surface area contributed by atoms with Crippen LogP contribution in [0.25, 0.3) is 0 Å². The summed E-state index contributed by atoms with van der Waals surface area (Å²) in [5.41, 5.74) is 0. The Balaban J connectivity index is 0. The molecule has 0 aromatic rings. The third-order valence-corrected chi connectivity index (χ3v) is 0. The van der Waals surface area contributed by atoms with E-state index in [9.17, 15) is 0 Å². The zero-order valence-corrected chi connectivity index (χ0v) is 26.5. The summed E-state index contributed by atoms with van der Waals surface area (Å²) in [7, 11) is 0. The fourth-order valence-corrected chi connectivity index (χ4v) is 0. The fourth-order valence-electron chi connectivity index (χ4n) is 0. The van der Waals surface area contributed by atoms with Crippen LogP contribution in [0.3, 0.4) is 0 Å². The summed E-state index contributed by atoms with van der Waals surface area (Å²) in [5.74, 6) is 0. The molecule has 111 valence electrons. The molecule has 20 heteroatoms. The fraction of sp³-hybridized carbons (Fsp3) is 0. The Bertz CT molecular complexity index is 31.9. The summed E-state index contributed by atoms with van der Waals surface area (Å²) in [6.07, 6.45) is 0. The van der Waals surface area contributed by atoms with E-state index in [0.717, 1.165) is 0 Å². The molecule has 0 fully saturated rings. The van der Waals surface area contributed by atoms with E-state index in [-0.39, 0.29) is 297 Å². The predicted molar refractivity (Wildman–Crippen MR) is 25.5 cm³/mol. The maximum absolute atomic E-state index is 0. The van der Waals surface area contributed by atoms with Crippen LogP contribution in [0, 0.1) is 120 Å². The normalized spacial score (nSPS) is 0. The monoisotopic (exact) mass is 962 g/mol. The third kappa shape index (κ3) is 287. The molecule has 0 rings (SSSR count). The maximum Gasteiger partial charge on any atom is 3.00 e. The van der Waals surface area contributed by atoms with Crippen molar-refractivity contribution in [1.29, 1.82) is 0 Å². The van der Waals surface area contributed by atoms with Crippen molar-refractivity contribution in [3.63, 3.8) is 0 Å². The first-order valence-electron chi connectivity index (χ1n) is 0.